The van der Waals surface area contributed by atoms with Crippen LogP contribution in [0.15, 0.2) is 16.5 Å². The number of amides is 1. The number of thioether (sulfide) groups is 1. The summed E-state index contributed by atoms with van der Waals surface area (Å²) >= 11 is 2.81. The zero-order valence-electron chi connectivity index (χ0n) is 11.1. The van der Waals surface area contributed by atoms with Crippen LogP contribution in [-0.2, 0) is 14.3 Å². The van der Waals surface area contributed by atoms with Crippen molar-refractivity contribution in [3.05, 3.63) is 12.2 Å². The van der Waals surface area contributed by atoms with Gasteiger partial charge in [0.15, 0.2) is 4.34 Å². The fourth-order valence-electron chi connectivity index (χ4n) is 2.55. The number of carboxylic acid groups (broad SMARTS) is 1. The fraction of sp³-hybridized carbons (Fsp3) is 0.500. The number of aromatic nitrogens is 2. The quantitative estimate of drug-likeness (QED) is 0.476. The lowest BCUT2D eigenvalue weighted by Gasteiger charge is -2.20. The van der Waals surface area contributed by atoms with Crippen molar-refractivity contribution in [1.82, 2.24) is 10.2 Å². The summed E-state index contributed by atoms with van der Waals surface area (Å²) in [4.78, 5) is 23.7. The Bertz CT molecular complexity index is 603. The molecule has 0 aliphatic carbocycles. The van der Waals surface area contributed by atoms with Gasteiger partial charge in [0.25, 0.3) is 0 Å². The van der Waals surface area contributed by atoms with Crippen LogP contribution in [-0.4, -0.2) is 45.1 Å². The zero-order chi connectivity index (χ0) is 15.0. The minimum Gasteiger partial charge on any atom is -0.481 e. The van der Waals surface area contributed by atoms with Gasteiger partial charge in [0, 0.05) is 0 Å². The predicted molar refractivity (Wildman–Crippen MR) is 77.4 cm³/mol. The second kappa shape index (κ2) is 5.74. The molecule has 21 heavy (non-hydrogen) atoms. The molecule has 1 amide bonds. The van der Waals surface area contributed by atoms with Crippen LogP contribution in [0.25, 0.3) is 0 Å². The van der Waals surface area contributed by atoms with E-state index in [1.165, 1.54) is 23.1 Å². The molecular weight excluding hydrogens is 314 g/mol. The molecule has 1 fully saturated rings. The number of ether oxygens (including phenoxy) is 1. The molecule has 0 aromatic carbocycles. The van der Waals surface area contributed by atoms with Crippen LogP contribution in [0.2, 0.25) is 0 Å². The summed E-state index contributed by atoms with van der Waals surface area (Å²) < 4.78 is 6.24. The van der Waals surface area contributed by atoms with Gasteiger partial charge in [0.1, 0.15) is 5.92 Å². The molecule has 3 rings (SSSR count). The first-order valence-electron chi connectivity index (χ1n) is 6.44. The Labute approximate surface area is 128 Å². The Balaban J connectivity index is 1.72. The Morgan fingerprint density at radius 1 is 1.38 bits per heavy atom. The topological polar surface area (TPSA) is 101 Å². The standard InChI is InChI=1S/C12H13N3O4S2/c1-2-20-12-15-14-11(21-12)13-9(16)7-5-3-4-6(19-5)8(7)10(17)18/h3-8H,2H2,1H3,(H,17,18)(H,13,14,16)/t5-,6-,7+,8-/m0/s1. The van der Waals surface area contributed by atoms with Gasteiger partial charge in [0.2, 0.25) is 11.0 Å². The van der Waals surface area contributed by atoms with Gasteiger partial charge in [0.05, 0.1) is 18.1 Å². The third-order valence-corrected chi connectivity index (χ3v) is 5.25. The summed E-state index contributed by atoms with van der Waals surface area (Å²) in [6, 6.07) is 0. The third-order valence-electron chi connectivity index (χ3n) is 3.39. The number of anilines is 1. The van der Waals surface area contributed by atoms with E-state index in [1.54, 1.807) is 12.2 Å². The van der Waals surface area contributed by atoms with E-state index in [4.69, 9.17) is 4.74 Å². The number of rotatable bonds is 5. The van der Waals surface area contributed by atoms with Crippen LogP contribution < -0.4 is 5.32 Å². The SMILES string of the molecule is CCSc1nnc(NC(=O)[C@H]2[C@@H](C(=O)O)[C@@H]3C=C[C@@H]2O3)s1. The first-order valence-corrected chi connectivity index (χ1v) is 8.24. The number of aliphatic carboxylic acids is 1. The molecule has 2 aliphatic heterocycles. The highest BCUT2D eigenvalue weighted by molar-refractivity contribution is 8.01. The molecule has 112 valence electrons. The van der Waals surface area contributed by atoms with E-state index < -0.39 is 30.0 Å². The average molecular weight is 327 g/mol. The highest BCUT2D eigenvalue weighted by Gasteiger charge is 2.53. The smallest absolute Gasteiger partial charge is 0.310 e. The Hall–Kier alpha value is -1.45. The molecule has 1 saturated heterocycles. The Morgan fingerprint density at radius 3 is 2.76 bits per heavy atom. The van der Waals surface area contributed by atoms with Crippen molar-refractivity contribution in [2.75, 3.05) is 11.1 Å². The number of carbonyl (C=O) groups is 2. The van der Waals surface area contributed by atoms with Crippen molar-refractivity contribution in [2.45, 2.75) is 23.5 Å². The lowest BCUT2D eigenvalue weighted by Crippen LogP contribution is -2.39. The van der Waals surface area contributed by atoms with E-state index in [-0.39, 0.29) is 5.91 Å². The lowest BCUT2D eigenvalue weighted by molar-refractivity contribution is -0.145. The molecule has 1 aromatic rings. The molecular formula is C12H13N3O4S2. The molecule has 9 heteroatoms. The largest absolute Gasteiger partial charge is 0.481 e. The zero-order valence-corrected chi connectivity index (χ0v) is 12.7. The molecule has 2 N–H and O–H groups in total. The monoisotopic (exact) mass is 327 g/mol. The van der Waals surface area contributed by atoms with Gasteiger partial charge in [-0.15, -0.1) is 10.2 Å². The minimum atomic E-state index is -1.02. The second-order valence-electron chi connectivity index (χ2n) is 4.64. The average Bonchev–Trinajstić information content (AvgIpc) is 3.13. The van der Waals surface area contributed by atoms with Gasteiger partial charge >= 0.3 is 5.97 Å². The van der Waals surface area contributed by atoms with E-state index in [0.29, 0.717) is 5.13 Å². The van der Waals surface area contributed by atoms with Crippen LogP contribution in [0.5, 0.6) is 0 Å². The molecule has 2 bridgehead atoms. The second-order valence-corrected chi connectivity index (χ2v) is 7.12. The number of hydrogen-bond donors (Lipinski definition) is 2. The summed E-state index contributed by atoms with van der Waals surface area (Å²) in [5.41, 5.74) is 0. The van der Waals surface area contributed by atoms with E-state index in [0.717, 1.165) is 10.1 Å². The van der Waals surface area contributed by atoms with Crippen LogP contribution in [0.3, 0.4) is 0 Å². The van der Waals surface area contributed by atoms with Crippen molar-refractivity contribution >= 4 is 40.1 Å². The minimum absolute atomic E-state index is 0.381. The van der Waals surface area contributed by atoms with Gasteiger partial charge in [-0.1, -0.05) is 42.2 Å². The van der Waals surface area contributed by atoms with Crippen molar-refractivity contribution < 1.29 is 19.4 Å². The van der Waals surface area contributed by atoms with Crippen LogP contribution >= 0.6 is 23.1 Å². The molecule has 0 saturated carbocycles. The van der Waals surface area contributed by atoms with Gasteiger partial charge in [-0.25, -0.2) is 0 Å². The van der Waals surface area contributed by atoms with Crippen molar-refractivity contribution in [1.29, 1.82) is 0 Å². The Kier molecular flexibility index (Phi) is 3.96. The summed E-state index contributed by atoms with van der Waals surface area (Å²) in [7, 11) is 0. The normalized spacial score (nSPS) is 29.8. The number of fused-ring (bicyclic) bond motifs is 2. The maximum atomic E-state index is 12.3. The molecule has 7 nitrogen and oxygen atoms in total. The van der Waals surface area contributed by atoms with Crippen molar-refractivity contribution in [2.24, 2.45) is 11.8 Å². The third kappa shape index (κ3) is 2.68. The molecule has 4 atom stereocenters. The van der Waals surface area contributed by atoms with Gasteiger partial charge in [-0.2, -0.15) is 0 Å². The maximum absolute atomic E-state index is 12.3. The summed E-state index contributed by atoms with van der Waals surface area (Å²) in [6.45, 7) is 2.00. The molecule has 0 radical (unpaired) electrons. The summed E-state index contributed by atoms with van der Waals surface area (Å²) in [6.07, 6.45) is 2.44. The molecule has 0 spiro atoms. The fourth-order valence-corrected chi connectivity index (χ4v) is 4.20. The first kappa shape index (κ1) is 14.5. The van der Waals surface area contributed by atoms with E-state index in [1.807, 2.05) is 6.92 Å². The van der Waals surface area contributed by atoms with Crippen LogP contribution in [0, 0.1) is 11.8 Å². The number of hydrogen-bond acceptors (Lipinski definition) is 7. The maximum Gasteiger partial charge on any atom is 0.310 e. The van der Waals surface area contributed by atoms with E-state index >= 15 is 0 Å². The van der Waals surface area contributed by atoms with Gasteiger partial charge in [-0.05, 0) is 5.75 Å². The van der Waals surface area contributed by atoms with E-state index in [2.05, 4.69) is 15.5 Å². The van der Waals surface area contributed by atoms with Gasteiger partial charge in [-0.3, -0.25) is 9.59 Å². The molecule has 3 heterocycles. The number of nitrogens with zero attached hydrogens (tertiary/aromatic N) is 2. The van der Waals surface area contributed by atoms with Gasteiger partial charge < -0.3 is 15.2 Å². The summed E-state index contributed by atoms with van der Waals surface area (Å²) in [5, 5.41) is 20.1. The lowest BCUT2D eigenvalue weighted by atomic mass is 9.82. The highest BCUT2D eigenvalue weighted by atomic mass is 32.2. The van der Waals surface area contributed by atoms with Crippen LogP contribution in [0.1, 0.15) is 6.92 Å². The van der Waals surface area contributed by atoms with Crippen molar-refractivity contribution in [3.63, 3.8) is 0 Å². The number of nitrogens with one attached hydrogen (secondary N) is 1. The summed E-state index contributed by atoms with van der Waals surface area (Å²) in [5.74, 6) is -2.12. The number of carbonyl (C=O) groups excluding carboxylic acids is 1. The Morgan fingerprint density at radius 2 is 2.10 bits per heavy atom. The molecule has 2 aliphatic rings. The van der Waals surface area contributed by atoms with Crippen LogP contribution in [0.4, 0.5) is 5.13 Å². The molecule has 0 unspecified atom stereocenters. The number of carboxylic acids is 1. The first-order chi connectivity index (χ1) is 10.1. The molecule has 1 aromatic heterocycles. The van der Waals surface area contributed by atoms with E-state index in [9.17, 15) is 14.7 Å². The highest BCUT2D eigenvalue weighted by Crippen LogP contribution is 2.40. The van der Waals surface area contributed by atoms with Crippen molar-refractivity contribution in [3.8, 4) is 0 Å². The predicted octanol–water partition coefficient (Wildman–Crippen LogP) is 1.24.